The summed E-state index contributed by atoms with van der Waals surface area (Å²) in [6, 6.07) is 14.7. The monoisotopic (exact) mass is 356 g/mol. The summed E-state index contributed by atoms with van der Waals surface area (Å²) in [6.45, 7) is 4.06. The fourth-order valence-electron chi connectivity index (χ4n) is 3.69. The summed E-state index contributed by atoms with van der Waals surface area (Å²) in [5, 5.41) is 3.49. The highest BCUT2D eigenvalue weighted by Crippen LogP contribution is 2.45. The van der Waals surface area contributed by atoms with Gasteiger partial charge in [-0.2, -0.15) is 0 Å². The van der Waals surface area contributed by atoms with E-state index < -0.39 is 0 Å². The van der Waals surface area contributed by atoms with Gasteiger partial charge in [0.05, 0.1) is 27.4 Å². The number of hydrogen-bond acceptors (Lipinski definition) is 5. The Morgan fingerprint density at radius 1 is 0.846 bits per heavy atom. The average molecular weight is 356 g/mol. The van der Waals surface area contributed by atoms with Crippen molar-refractivity contribution in [2.45, 2.75) is 12.5 Å². The van der Waals surface area contributed by atoms with Gasteiger partial charge < -0.3 is 19.5 Å². The summed E-state index contributed by atoms with van der Waals surface area (Å²) in [6.07, 6.45) is 1.12. The molecule has 1 aliphatic heterocycles. The van der Waals surface area contributed by atoms with E-state index in [4.69, 9.17) is 14.2 Å². The minimum Gasteiger partial charge on any atom is -0.493 e. The molecule has 1 heterocycles. The van der Waals surface area contributed by atoms with E-state index in [0.29, 0.717) is 11.5 Å². The zero-order valence-electron chi connectivity index (χ0n) is 15.8. The van der Waals surface area contributed by atoms with Gasteiger partial charge in [0.15, 0.2) is 11.5 Å². The molecule has 5 heteroatoms. The summed E-state index contributed by atoms with van der Waals surface area (Å²) >= 11 is 0. The Bertz CT molecular complexity index is 698. The topological polar surface area (TPSA) is 43.0 Å². The molecule has 0 aromatic heterocycles. The molecule has 0 spiro atoms. The van der Waals surface area contributed by atoms with Crippen LogP contribution >= 0.6 is 0 Å². The lowest BCUT2D eigenvalue weighted by atomic mass is 9.95. The molecule has 140 valence electrons. The molecule has 1 saturated heterocycles. The Balaban J connectivity index is 2.12. The van der Waals surface area contributed by atoms with Crippen LogP contribution in [0.5, 0.6) is 17.2 Å². The van der Waals surface area contributed by atoms with Crippen molar-refractivity contribution in [2.24, 2.45) is 0 Å². The molecule has 0 bridgehead atoms. The quantitative estimate of drug-likeness (QED) is 0.862. The normalized spacial score (nSPS) is 16.6. The van der Waals surface area contributed by atoms with Crippen molar-refractivity contribution in [3.63, 3.8) is 0 Å². The summed E-state index contributed by atoms with van der Waals surface area (Å²) in [4.78, 5) is 2.51. The Kier molecular flexibility index (Phi) is 6.36. The van der Waals surface area contributed by atoms with E-state index in [1.807, 2.05) is 6.07 Å². The number of benzene rings is 2. The molecular weight excluding hydrogens is 328 g/mol. The average Bonchev–Trinajstić information content (AvgIpc) is 2.97. The second-order valence-electron chi connectivity index (χ2n) is 6.38. The van der Waals surface area contributed by atoms with E-state index in [1.54, 1.807) is 21.3 Å². The molecule has 0 radical (unpaired) electrons. The third-order valence-corrected chi connectivity index (χ3v) is 4.88. The lowest BCUT2D eigenvalue weighted by molar-refractivity contribution is 0.233. The van der Waals surface area contributed by atoms with E-state index in [9.17, 15) is 0 Å². The maximum Gasteiger partial charge on any atom is 0.203 e. The van der Waals surface area contributed by atoms with Crippen molar-refractivity contribution in [2.75, 3.05) is 47.5 Å². The number of ether oxygens (including phenoxy) is 3. The number of nitrogens with one attached hydrogen (secondary N) is 1. The fourth-order valence-corrected chi connectivity index (χ4v) is 3.69. The molecule has 26 heavy (non-hydrogen) atoms. The summed E-state index contributed by atoms with van der Waals surface area (Å²) in [5.74, 6) is 2.05. The van der Waals surface area contributed by atoms with Crippen molar-refractivity contribution in [1.29, 1.82) is 0 Å². The second-order valence-corrected chi connectivity index (χ2v) is 6.38. The number of nitrogens with zero attached hydrogens (tertiary/aromatic N) is 1. The number of rotatable bonds is 6. The van der Waals surface area contributed by atoms with Crippen molar-refractivity contribution >= 4 is 0 Å². The highest BCUT2D eigenvalue weighted by molar-refractivity contribution is 5.58. The Morgan fingerprint density at radius 3 is 2.31 bits per heavy atom. The highest BCUT2D eigenvalue weighted by atomic mass is 16.5. The van der Waals surface area contributed by atoms with Crippen LogP contribution in [-0.2, 0) is 0 Å². The summed E-state index contributed by atoms with van der Waals surface area (Å²) < 4.78 is 16.9. The van der Waals surface area contributed by atoms with Crippen LogP contribution in [0.2, 0.25) is 0 Å². The van der Waals surface area contributed by atoms with Crippen LogP contribution < -0.4 is 19.5 Å². The molecule has 0 amide bonds. The van der Waals surface area contributed by atoms with E-state index in [2.05, 4.69) is 46.6 Å². The first-order valence-electron chi connectivity index (χ1n) is 9.08. The molecule has 3 rings (SSSR count). The Hall–Kier alpha value is -2.24. The molecule has 0 aliphatic carbocycles. The van der Waals surface area contributed by atoms with E-state index >= 15 is 0 Å². The van der Waals surface area contributed by atoms with Crippen molar-refractivity contribution < 1.29 is 14.2 Å². The van der Waals surface area contributed by atoms with Crippen LogP contribution in [0.25, 0.3) is 0 Å². The van der Waals surface area contributed by atoms with Gasteiger partial charge in [-0.3, -0.25) is 4.90 Å². The lowest BCUT2D eigenvalue weighted by Crippen LogP contribution is -2.33. The van der Waals surface area contributed by atoms with Crippen LogP contribution in [-0.4, -0.2) is 52.4 Å². The lowest BCUT2D eigenvalue weighted by Gasteiger charge is -2.32. The fraction of sp³-hybridized carbons (Fsp3) is 0.429. The van der Waals surface area contributed by atoms with Crippen molar-refractivity contribution in [3.05, 3.63) is 53.6 Å². The smallest absolute Gasteiger partial charge is 0.203 e. The third-order valence-electron chi connectivity index (χ3n) is 4.88. The van der Waals surface area contributed by atoms with Crippen LogP contribution in [0.3, 0.4) is 0 Å². The maximum atomic E-state index is 5.79. The minimum absolute atomic E-state index is 0.103. The number of methoxy groups -OCH3 is 3. The van der Waals surface area contributed by atoms with E-state index in [-0.39, 0.29) is 6.04 Å². The van der Waals surface area contributed by atoms with Crippen LogP contribution in [0.4, 0.5) is 0 Å². The number of hydrogen-bond donors (Lipinski definition) is 1. The molecule has 5 nitrogen and oxygen atoms in total. The first kappa shape index (κ1) is 18.5. The standard InChI is InChI=1S/C21H28N2O3/c1-24-18-11-10-17(20(25-2)21(18)26-3)19(16-8-5-4-6-9-16)23-14-7-12-22-13-15-23/h4-6,8-11,19,22H,7,12-15H2,1-3H3. The molecular formula is C21H28N2O3. The van der Waals surface area contributed by atoms with Gasteiger partial charge >= 0.3 is 0 Å². The van der Waals surface area contributed by atoms with Gasteiger partial charge in [0.25, 0.3) is 0 Å². The van der Waals surface area contributed by atoms with Gasteiger partial charge in [0.1, 0.15) is 0 Å². The van der Waals surface area contributed by atoms with Gasteiger partial charge in [0, 0.05) is 25.2 Å². The molecule has 1 fully saturated rings. The summed E-state index contributed by atoms with van der Waals surface area (Å²) in [5.41, 5.74) is 2.35. The zero-order chi connectivity index (χ0) is 18.4. The second kappa shape index (κ2) is 8.92. The third kappa shape index (κ3) is 3.79. The first-order chi connectivity index (χ1) is 12.8. The predicted molar refractivity (Wildman–Crippen MR) is 103 cm³/mol. The van der Waals surface area contributed by atoms with Gasteiger partial charge in [-0.1, -0.05) is 30.3 Å². The molecule has 1 unspecified atom stereocenters. The highest BCUT2D eigenvalue weighted by Gasteiger charge is 2.28. The van der Waals surface area contributed by atoms with E-state index in [0.717, 1.165) is 43.9 Å². The molecule has 1 atom stereocenters. The van der Waals surface area contributed by atoms with Crippen LogP contribution in [0.15, 0.2) is 42.5 Å². The van der Waals surface area contributed by atoms with Crippen molar-refractivity contribution in [3.8, 4) is 17.2 Å². The molecule has 2 aromatic carbocycles. The molecule has 1 aliphatic rings. The molecule has 2 aromatic rings. The Morgan fingerprint density at radius 2 is 1.62 bits per heavy atom. The Labute approximate surface area is 155 Å². The predicted octanol–water partition coefficient (Wildman–Crippen LogP) is 3.10. The SMILES string of the molecule is COc1ccc(C(c2ccccc2)N2CCCNCC2)c(OC)c1OC. The first-order valence-corrected chi connectivity index (χ1v) is 9.08. The van der Waals surface area contributed by atoms with Gasteiger partial charge in [-0.25, -0.2) is 0 Å². The van der Waals surface area contributed by atoms with Gasteiger partial charge in [-0.05, 0) is 30.7 Å². The van der Waals surface area contributed by atoms with Crippen LogP contribution in [0.1, 0.15) is 23.6 Å². The molecule has 0 saturated carbocycles. The summed E-state index contributed by atoms with van der Waals surface area (Å²) in [7, 11) is 4.98. The van der Waals surface area contributed by atoms with Crippen LogP contribution in [0, 0.1) is 0 Å². The zero-order valence-corrected chi connectivity index (χ0v) is 15.8. The van der Waals surface area contributed by atoms with E-state index in [1.165, 1.54) is 5.56 Å². The van der Waals surface area contributed by atoms with Gasteiger partial charge in [0.2, 0.25) is 5.75 Å². The van der Waals surface area contributed by atoms with Crippen molar-refractivity contribution in [1.82, 2.24) is 10.2 Å². The minimum atomic E-state index is 0.103. The largest absolute Gasteiger partial charge is 0.493 e. The maximum absolute atomic E-state index is 5.79. The molecule has 1 N–H and O–H groups in total. The van der Waals surface area contributed by atoms with Gasteiger partial charge in [-0.15, -0.1) is 0 Å².